The topological polar surface area (TPSA) is 63.2 Å². The van der Waals surface area contributed by atoms with Gasteiger partial charge in [-0.1, -0.05) is 23.7 Å². The van der Waals surface area contributed by atoms with Crippen molar-refractivity contribution in [2.45, 2.75) is 6.04 Å². The normalized spacial score (nSPS) is 19.2. The van der Waals surface area contributed by atoms with Gasteiger partial charge in [0.1, 0.15) is 0 Å². The van der Waals surface area contributed by atoms with Gasteiger partial charge in [0.25, 0.3) is 5.91 Å². The van der Waals surface area contributed by atoms with Crippen LogP contribution in [0.5, 0.6) is 0 Å². The summed E-state index contributed by atoms with van der Waals surface area (Å²) in [5.74, 6) is -0.351. The van der Waals surface area contributed by atoms with E-state index in [1.807, 2.05) is 24.3 Å². The van der Waals surface area contributed by atoms with Gasteiger partial charge in [-0.05, 0) is 35.9 Å². The van der Waals surface area contributed by atoms with E-state index in [0.29, 0.717) is 9.90 Å². The summed E-state index contributed by atoms with van der Waals surface area (Å²) in [6, 6.07) is 10.5. The van der Waals surface area contributed by atoms with Crippen molar-refractivity contribution >= 4 is 38.7 Å². The molecule has 1 aliphatic heterocycles. The summed E-state index contributed by atoms with van der Waals surface area (Å²) in [6.45, 7) is 0. The molecular formula is C15H12ClNO3S2. The first kappa shape index (κ1) is 15.3. The highest BCUT2D eigenvalue weighted by Gasteiger charge is 2.24. The monoisotopic (exact) mass is 353 g/mol. The molecule has 4 nitrogen and oxygen atoms in total. The molecule has 22 heavy (non-hydrogen) atoms. The first-order valence-corrected chi connectivity index (χ1v) is 9.41. The van der Waals surface area contributed by atoms with E-state index in [1.165, 1.54) is 17.4 Å². The SMILES string of the molecule is O=C(NC1C=CS(=O)(=O)C1)c1ccc(-c2cccc(Cl)c2)s1. The Balaban J connectivity index is 1.74. The minimum atomic E-state index is -3.17. The predicted octanol–water partition coefficient (Wildman–Crippen LogP) is 3.11. The van der Waals surface area contributed by atoms with Crippen LogP contribution in [-0.2, 0) is 9.84 Å². The van der Waals surface area contributed by atoms with Crippen LogP contribution in [0.25, 0.3) is 10.4 Å². The molecule has 0 saturated heterocycles. The van der Waals surface area contributed by atoms with Crippen molar-refractivity contribution in [2.24, 2.45) is 0 Å². The number of sulfone groups is 1. The lowest BCUT2D eigenvalue weighted by Crippen LogP contribution is -2.35. The van der Waals surface area contributed by atoms with Gasteiger partial charge >= 0.3 is 0 Å². The summed E-state index contributed by atoms with van der Waals surface area (Å²) in [5, 5.41) is 4.49. The lowest BCUT2D eigenvalue weighted by molar-refractivity contribution is 0.0952. The van der Waals surface area contributed by atoms with E-state index in [-0.39, 0.29) is 11.7 Å². The average molecular weight is 354 g/mol. The van der Waals surface area contributed by atoms with Crippen LogP contribution in [0.2, 0.25) is 5.02 Å². The third-order valence-corrected chi connectivity index (χ3v) is 5.95. The summed E-state index contributed by atoms with van der Waals surface area (Å²) in [6.07, 6.45) is 1.50. The minimum Gasteiger partial charge on any atom is -0.344 e. The highest BCUT2D eigenvalue weighted by molar-refractivity contribution is 7.94. The van der Waals surface area contributed by atoms with Gasteiger partial charge in [0, 0.05) is 15.3 Å². The standard InChI is InChI=1S/C15H12ClNO3S2/c16-11-3-1-2-10(8-11)13-4-5-14(21-13)15(18)17-12-6-7-22(19,20)9-12/h1-8,12H,9H2,(H,17,18). The van der Waals surface area contributed by atoms with Crippen molar-refractivity contribution in [3.8, 4) is 10.4 Å². The zero-order valence-electron chi connectivity index (χ0n) is 11.3. The van der Waals surface area contributed by atoms with Gasteiger partial charge in [-0.3, -0.25) is 4.79 Å². The second-order valence-electron chi connectivity index (χ2n) is 4.91. The zero-order chi connectivity index (χ0) is 15.7. The molecule has 0 fully saturated rings. The molecular weight excluding hydrogens is 342 g/mol. The van der Waals surface area contributed by atoms with Crippen LogP contribution in [0.1, 0.15) is 9.67 Å². The van der Waals surface area contributed by atoms with E-state index in [2.05, 4.69) is 5.32 Å². The number of carbonyl (C=O) groups excluding carboxylic acids is 1. The molecule has 114 valence electrons. The molecule has 1 amide bonds. The summed E-state index contributed by atoms with van der Waals surface area (Å²) >= 11 is 7.31. The number of carbonyl (C=O) groups is 1. The molecule has 3 rings (SSSR count). The Bertz CT molecular complexity index is 855. The summed E-state index contributed by atoms with van der Waals surface area (Å²) < 4.78 is 22.7. The highest BCUT2D eigenvalue weighted by Crippen LogP contribution is 2.29. The number of benzene rings is 1. The molecule has 1 atom stereocenters. The van der Waals surface area contributed by atoms with E-state index in [4.69, 9.17) is 11.6 Å². The molecule has 0 bridgehead atoms. The van der Waals surface area contributed by atoms with Crippen LogP contribution in [0.3, 0.4) is 0 Å². The lowest BCUT2D eigenvalue weighted by Gasteiger charge is -2.08. The van der Waals surface area contributed by atoms with Gasteiger partial charge in [-0.2, -0.15) is 0 Å². The molecule has 0 spiro atoms. The van der Waals surface area contributed by atoms with Crippen LogP contribution < -0.4 is 5.32 Å². The molecule has 1 aromatic carbocycles. The van der Waals surface area contributed by atoms with Crippen LogP contribution in [0, 0.1) is 0 Å². The third kappa shape index (κ3) is 3.40. The van der Waals surface area contributed by atoms with Gasteiger partial charge in [-0.15, -0.1) is 11.3 Å². The number of amides is 1. The molecule has 1 unspecified atom stereocenters. The largest absolute Gasteiger partial charge is 0.344 e. The second kappa shape index (κ2) is 5.87. The van der Waals surface area contributed by atoms with Crippen LogP contribution in [0.4, 0.5) is 0 Å². The molecule has 2 aromatic rings. The Morgan fingerprint density at radius 3 is 2.77 bits per heavy atom. The number of halogens is 1. The van der Waals surface area contributed by atoms with Crippen LogP contribution >= 0.6 is 22.9 Å². The van der Waals surface area contributed by atoms with E-state index in [0.717, 1.165) is 15.8 Å². The summed E-state index contributed by atoms with van der Waals surface area (Å²) in [5.41, 5.74) is 0.944. The van der Waals surface area contributed by atoms with Crippen LogP contribution in [-0.4, -0.2) is 26.1 Å². The van der Waals surface area contributed by atoms with E-state index >= 15 is 0 Å². The minimum absolute atomic E-state index is 0.0781. The van der Waals surface area contributed by atoms with Gasteiger partial charge in [-0.25, -0.2) is 8.42 Å². The zero-order valence-corrected chi connectivity index (χ0v) is 13.7. The van der Waals surface area contributed by atoms with Gasteiger partial charge in [0.05, 0.1) is 16.7 Å². The Morgan fingerprint density at radius 1 is 1.27 bits per heavy atom. The molecule has 2 heterocycles. The number of thiophene rings is 1. The molecule has 1 N–H and O–H groups in total. The second-order valence-corrected chi connectivity index (χ2v) is 8.36. The Kier molecular flexibility index (Phi) is 4.08. The van der Waals surface area contributed by atoms with Crippen molar-refractivity contribution in [3.63, 3.8) is 0 Å². The average Bonchev–Trinajstić information content (AvgIpc) is 3.06. The fourth-order valence-electron chi connectivity index (χ4n) is 2.16. The third-order valence-electron chi connectivity index (χ3n) is 3.19. The maximum absolute atomic E-state index is 12.2. The van der Waals surface area contributed by atoms with Crippen molar-refractivity contribution in [2.75, 3.05) is 5.75 Å². The van der Waals surface area contributed by atoms with E-state index in [9.17, 15) is 13.2 Å². The summed E-state index contributed by atoms with van der Waals surface area (Å²) in [7, 11) is -3.17. The lowest BCUT2D eigenvalue weighted by atomic mass is 10.2. The van der Waals surface area contributed by atoms with Crippen molar-refractivity contribution in [1.82, 2.24) is 5.32 Å². The smallest absolute Gasteiger partial charge is 0.261 e. The quantitative estimate of drug-likeness (QED) is 0.922. The maximum Gasteiger partial charge on any atom is 0.261 e. The number of nitrogens with one attached hydrogen (secondary N) is 1. The number of hydrogen-bond donors (Lipinski definition) is 1. The molecule has 7 heteroatoms. The summed E-state index contributed by atoms with van der Waals surface area (Å²) in [4.78, 5) is 13.6. The van der Waals surface area contributed by atoms with Crippen molar-refractivity contribution in [1.29, 1.82) is 0 Å². The first-order valence-electron chi connectivity index (χ1n) is 6.50. The van der Waals surface area contributed by atoms with Crippen LogP contribution in [0.15, 0.2) is 47.9 Å². The Labute approximate surface area is 137 Å². The Morgan fingerprint density at radius 2 is 2.09 bits per heavy atom. The fourth-order valence-corrected chi connectivity index (χ4v) is 4.49. The predicted molar refractivity (Wildman–Crippen MR) is 88.9 cm³/mol. The van der Waals surface area contributed by atoms with Crippen molar-refractivity contribution in [3.05, 3.63) is 57.8 Å². The van der Waals surface area contributed by atoms with Crippen molar-refractivity contribution < 1.29 is 13.2 Å². The maximum atomic E-state index is 12.2. The molecule has 1 aromatic heterocycles. The van der Waals surface area contributed by atoms with E-state index < -0.39 is 15.9 Å². The first-order chi connectivity index (χ1) is 10.4. The number of rotatable bonds is 3. The highest BCUT2D eigenvalue weighted by atomic mass is 35.5. The fraction of sp³-hybridized carbons (Fsp3) is 0.133. The molecule has 0 aliphatic carbocycles. The van der Waals surface area contributed by atoms with Gasteiger partial charge in [0.15, 0.2) is 9.84 Å². The molecule has 0 radical (unpaired) electrons. The van der Waals surface area contributed by atoms with Gasteiger partial charge < -0.3 is 5.32 Å². The van der Waals surface area contributed by atoms with Gasteiger partial charge in [0.2, 0.25) is 0 Å². The molecule has 1 aliphatic rings. The van der Waals surface area contributed by atoms with E-state index in [1.54, 1.807) is 12.1 Å². The Hall–Kier alpha value is -1.63. The molecule has 0 saturated carbocycles. The number of hydrogen-bond acceptors (Lipinski definition) is 4.